The van der Waals surface area contributed by atoms with Crippen LogP contribution < -0.4 is 11.1 Å². The van der Waals surface area contributed by atoms with Gasteiger partial charge in [0.1, 0.15) is 0 Å². The van der Waals surface area contributed by atoms with Gasteiger partial charge in [0.05, 0.1) is 0 Å². The molecule has 0 atom stereocenters. The average molecular weight is 255 g/mol. The minimum atomic E-state index is -0.466. The van der Waals surface area contributed by atoms with E-state index in [4.69, 9.17) is 17.3 Å². The van der Waals surface area contributed by atoms with Crippen molar-refractivity contribution in [2.24, 2.45) is 11.1 Å². The van der Waals surface area contributed by atoms with Gasteiger partial charge in [-0.05, 0) is 37.6 Å². The van der Waals surface area contributed by atoms with Crippen LogP contribution >= 0.6 is 11.6 Å². The largest absolute Gasteiger partial charge is 0.330 e. The molecule has 3 nitrogen and oxygen atoms in total. The second-order valence-electron chi connectivity index (χ2n) is 4.84. The summed E-state index contributed by atoms with van der Waals surface area (Å²) in [6.07, 6.45) is 0.651. The van der Waals surface area contributed by atoms with E-state index < -0.39 is 5.41 Å². The van der Waals surface area contributed by atoms with E-state index in [9.17, 15) is 4.79 Å². The Morgan fingerprint density at radius 2 is 2.12 bits per heavy atom. The minimum Gasteiger partial charge on any atom is -0.330 e. The Labute approximate surface area is 107 Å². The zero-order valence-corrected chi connectivity index (χ0v) is 11.3. The van der Waals surface area contributed by atoms with Crippen molar-refractivity contribution in [2.45, 2.75) is 27.2 Å². The first-order chi connectivity index (χ1) is 7.86. The SMILES string of the molecule is Cc1ccc(NC(=O)C(C)(C)CCN)cc1Cl. The van der Waals surface area contributed by atoms with Crippen LogP contribution in [0.2, 0.25) is 5.02 Å². The quantitative estimate of drug-likeness (QED) is 0.868. The van der Waals surface area contributed by atoms with Gasteiger partial charge >= 0.3 is 0 Å². The number of carbonyl (C=O) groups is 1. The van der Waals surface area contributed by atoms with E-state index in [1.807, 2.05) is 32.9 Å². The van der Waals surface area contributed by atoms with Crippen molar-refractivity contribution in [2.75, 3.05) is 11.9 Å². The number of nitrogens with one attached hydrogen (secondary N) is 1. The van der Waals surface area contributed by atoms with Crippen LogP contribution in [0, 0.1) is 12.3 Å². The van der Waals surface area contributed by atoms with Crippen LogP contribution in [0.1, 0.15) is 25.8 Å². The first kappa shape index (κ1) is 14.0. The fourth-order valence-corrected chi connectivity index (χ4v) is 1.63. The third-order valence-corrected chi connectivity index (χ3v) is 3.22. The Kier molecular flexibility index (Phi) is 4.54. The highest BCUT2D eigenvalue weighted by atomic mass is 35.5. The summed E-state index contributed by atoms with van der Waals surface area (Å²) in [4.78, 5) is 12.0. The summed E-state index contributed by atoms with van der Waals surface area (Å²) < 4.78 is 0. The first-order valence-corrected chi connectivity index (χ1v) is 6.02. The Balaban J connectivity index is 2.77. The van der Waals surface area contributed by atoms with Crippen LogP contribution in [-0.4, -0.2) is 12.5 Å². The fraction of sp³-hybridized carbons (Fsp3) is 0.462. The van der Waals surface area contributed by atoms with Gasteiger partial charge in [-0.1, -0.05) is 31.5 Å². The van der Waals surface area contributed by atoms with Crippen LogP contribution in [0.3, 0.4) is 0 Å². The Morgan fingerprint density at radius 1 is 1.47 bits per heavy atom. The van der Waals surface area contributed by atoms with Crippen LogP contribution in [-0.2, 0) is 4.79 Å². The summed E-state index contributed by atoms with van der Waals surface area (Å²) in [5.74, 6) is -0.0390. The minimum absolute atomic E-state index is 0.0390. The monoisotopic (exact) mass is 254 g/mol. The van der Waals surface area contributed by atoms with Gasteiger partial charge in [0, 0.05) is 16.1 Å². The highest BCUT2D eigenvalue weighted by Gasteiger charge is 2.26. The third-order valence-electron chi connectivity index (χ3n) is 2.81. The van der Waals surface area contributed by atoms with E-state index in [1.54, 1.807) is 6.07 Å². The number of anilines is 1. The van der Waals surface area contributed by atoms with Crippen molar-refractivity contribution in [3.8, 4) is 0 Å². The second kappa shape index (κ2) is 5.52. The average Bonchev–Trinajstić information content (AvgIpc) is 2.23. The lowest BCUT2D eigenvalue weighted by Gasteiger charge is -2.22. The maximum atomic E-state index is 12.0. The summed E-state index contributed by atoms with van der Waals surface area (Å²) in [6.45, 7) is 6.18. The Morgan fingerprint density at radius 3 is 2.65 bits per heavy atom. The molecule has 94 valence electrons. The van der Waals surface area contributed by atoms with Crippen molar-refractivity contribution < 1.29 is 4.79 Å². The molecule has 0 aliphatic heterocycles. The van der Waals surface area contributed by atoms with E-state index >= 15 is 0 Å². The number of carbonyl (C=O) groups excluding carboxylic acids is 1. The molecule has 3 N–H and O–H groups in total. The van der Waals surface area contributed by atoms with Gasteiger partial charge in [-0.2, -0.15) is 0 Å². The summed E-state index contributed by atoms with van der Waals surface area (Å²) in [6, 6.07) is 5.48. The number of benzene rings is 1. The molecule has 0 bridgehead atoms. The summed E-state index contributed by atoms with van der Waals surface area (Å²) in [5, 5.41) is 3.51. The molecule has 0 fully saturated rings. The van der Waals surface area contributed by atoms with Crippen LogP contribution in [0.5, 0.6) is 0 Å². The molecule has 1 aromatic rings. The number of rotatable bonds is 4. The molecule has 0 saturated carbocycles. The zero-order chi connectivity index (χ0) is 13.1. The number of hydrogen-bond donors (Lipinski definition) is 2. The van der Waals surface area contributed by atoms with Crippen molar-refractivity contribution in [3.05, 3.63) is 28.8 Å². The molecule has 17 heavy (non-hydrogen) atoms. The molecule has 0 unspecified atom stereocenters. The number of hydrogen-bond acceptors (Lipinski definition) is 2. The Bertz CT molecular complexity index is 416. The molecule has 0 spiro atoms. The van der Waals surface area contributed by atoms with Crippen molar-refractivity contribution in [3.63, 3.8) is 0 Å². The van der Waals surface area contributed by atoms with Gasteiger partial charge in [-0.25, -0.2) is 0 Å². The zero-order valence-electron chi connectivity index (χ0n) is 10.5. The lowest BCUT2D eigenvalue weighted by molar-refractivity contribution is -0.124. The molecule has 0 saturated heterocycles. The summed E-state index contributed by atoms with van der Waals surface area (Å²) in [5.41, 5.74) is 6.73. The lowest BCUT2D eigenvalue weighted by atomic mass is 9.88. The topological polar surface area (TPSA) is 55.1 Å². The molecular weight excluding hydrogens is 236 g/mol. The molecule has 1 rings (SSSR count). The van der Waals surface area contributed by atoms with Crippen LogP contribution in [0.15, 0.2) is 18.2 Å². The lowest BCUT2D eigenvalue weighted by Crippen LogP contribution is -2.32. The third kappa shape index (κ3) is 3.72. The van der Waals surface area contributed by atoms with Gasteiger partial charge in [-0.15, -0.1) is 0 Å². The molecule has 0 aromatic heterocycles. The van der Waals surface area contributed by atoms with Crippen molar-refractivity contribution in [1.82, 2.24) is 0 Å². The summed E-state index contributed by atoms with van der Waals surface area (Å²) in [7, 11) is 0. The first-order valence-electron chi connectivity index (χ1n) is 5.64. The molecular formula is C13H19ClN2O. The van der Waals surface area contributed by atoms with E-state index in [2.05, 4.69) is 5.32 Å². The second-order valence-corrected chi connectivity index (χ2v) is 5.25. The Hall–Kier alpha value is -1.06. The number of halogens is 1. The number of nitrogens with two attached hydrogens (primary N) is 1. The van der Waals surface area contributed by atoms with Gasteiger partial charge in [0.2, 0.25) is 5.91 Å². The van der Waals surface area contributed by atoms with Crippen molar-refractivity contribution >= 4 is 23.2 Å². The summed E-state index contributed by atoms with van der Waals surface area (Å²) >= 11 is 6.00. The van der Waals surface area contributed by atoms with E-state index in [1.165, 1.54) is 0 Å². The predicted octanol–water partition coefficient (Wildman–Crippen LogP) is 2.96. The van der Waals surface area contributed by atoms with Gasteiger partial charge < -0.3 is 11.1 Å². The van der Waals surface area contributed by atoms with Crippen LogP contribution in [0.25, 0.3) is 0 Å². The fourth-order valence-electron chi connectivity index (χ4n) is 1.45. The predicted molar refractivity (Wildman–Crippen MR) is 72.3 cm³/mol. The normalized spacial score (nSPS) is 11.4. The number of amides is 1. The molecule has 1 aromatic carbocycles. The van der Waals surface area contributed by atoms with Crippen molar-refractivity contribution in [1.29, 1.82) is 0 Å². The smallest absolute Gasteiger partial charge is 0.230 e. The van der Waals surface area contributed by atoms with Gasteiger partial charge in [0.25, 0.3) is 0 Å². The maximum absolute atomic E-state index is 12.0. The maximum Gasteiger partial charge on any atom is 0.230 e. The van der Waals surface area contributed by atoms with E-state index in [0.717, 1.165) is 11.3 Å². The number of aryl methyl sites for hydroxylation is 1. The molecule has 0 heterocycles. The molecule has 0 radical (unpaired) electrons. The van der Waals surface area contributed by atoms with Gasteiger partial charge in [-0.3, -0.25) is 4.79 Å². The standard InChI is InChI=1S/C13H19ClN2O/c1-9-4-5-10(8-11(9)14)16-12(17)13(2,3)6-7-15/h4-5,8H,6-7,15H2,1-3H3,(H,16,17). The molecule has 0 aliphatic carbocycles. The van der Waals surface area contributed by atoms with E-state index in [0.29, 0.717) is 18.0 Å². The van der Waals surface area contributed by atoms with E-state index in [-0.39, 0.29) is 5.91 Å². The molecule has 0 aliphatic rings. The highest BCUT2D eigenvalue weighted by molar-refractivity contribution is 6.31. The van der Waals surface area contributed by atoms with Crippen LogP contribution in [0.4, 0.5) is 5.69 Å². The van der Waals surface area contributed by atoms with Gasteiger partial charge in [0.15, 0.2) is 0 Å². The molecule has 1 amide bonds. The highest BCUT2D eigenvalue weighted by Crippen LogP contribution is 2.24. The molecule has 4 heteroatoms.